The van der Waals surface area contributed by atoms with Crippen molar-refractivity contribution >= 4 is 34.8 Å². The first-order valence-corrected chi connectivity index (χ1v) is 10.5. The van der Waals surface area contributed by atoms with Crippen LogP contribution in [0.15, 0.2) is 42.6 Å². The van der Waals surface area contributed by atoms with Crippen LogP contribution in [0, 0.1) is 12.7 Å². The molecule has 11 heteroatoms. The molecule has 2 amide bonds. The molecular weight excluding hydrogens is 476 g/mol. The van der Waals surface area contributed by atoms with Gasteiger partial charge in [0.25, 0.3) is 0 Å². The van der Waals surface area contributed by atoms with Crippen LogP contribution >= 0.6 is 11.6 Å². The van der Waals surface area contributed by atoms with Gasteiger partial charge in [-0.2, -0.15) is 13.2 Å². The van der Waals surface area contributed by atoms with Gasteiger partial charge < -0.3 is 10.2 Å². The first kappa shape index (κ1) is 23.6. The number of nitrogens with zero attached hydrogens (tertiary/aromatic N) is 3. The zero-order chi connectivity index (χ0) is 24.8. The third-order valence-electron chi connectivity index (χ3n) is 5.40. The number of fused-ring (bicyclic) bond motifs is 3. The normalized spacial score (nSPS) is 15.4. The van der Waals surface area contributed by atoms with Crippen molar-refractivity contribution in [2.45, 2.75) is 25.9 Å². The highest BCUT2D eigenvalue weighted by atomic mass is 35.5. The first-order valence-electron chi connectivity index (χ1n) is 10.1. The van der Waals surface area contributed by atoms with Crippen LogP contribution in [-0.2, 0) is 15.8 Å². The molecule has 0 unspecified atom stereocenters. The number of carbonyl (C=O) groups excluding carboxylic acids is 2. The highest BCUT2D eigenvalue weighted by Gasteiger charge is 2.35. The summed E-state index contributed by atoms with van der Waals surface area (Å²) in [6.07, 6.45) is -3.19. The van der Waals surface area contributed by atoms with Gasteiger partial charge in [-0.25, -0.2) is 9.37 Å². The summed E-state index contributed by atoms with van der Waals surface area (Å²) in [4.78, 5) is 35.9. The molecule has 2 aromatic heterocycles. The van der Waals surface area contributed by atoms with Crippen molar-refractivity contribution in [1.82, 2.24) is 9.97 Å². The van der Waals surface area contributed by atoms with Crippen molar-refractivity contribution in [3.63, 3.8) is 0 Å². The molecule has 0 saturated heterocycles. The van der Waals surface area contributed by atoms with E-state index in [-0.39, 0.29) is 5.15 Å². The first-order chi connectivity index (χ1) is 16.0. The molecule has 1 aromatic carbocycles. The Morgan fingerprint density at radius 1 is 1.24 bits per heavy atom. The summed E-state index contributed by atoms with van der Waals surface area (Å²) < 4.78 is 52.6. The minimum absolute atomic E-state index is 0.116. The molecule has 0 bridgehead atoms. The molecular formula is C23H17ClF4N4O2. The van der Waals surface area contributed by atoms with Crippen LogP contribution in [0.2, 0.25) is 5.15 Å². The lowest BCUT2D eigenvalue weighted by Gasteiger charge is -2.25. The van der Waals surface area contributed by atoms with E-state index in [1.807, 2.05) is 0 Å². The number of rotatable bonds is 3. The highest BCUT2D eigenvalue weighted by molar-refractivity contribution is 6.33. The summed E-state index contributed by atoms with van der Waals surface area (Å²) in [6.45, 7) is 2.77. The quantitative estimate of drug-likeness (QED) is 0.395. The van der Waals surface area contributed by atoms with Crippen LogP contribution in [0.5, 0.6) is 0 Å². The van der Waals surface area contributed by atoms with E-state index in [9.17, 15) is 27.2 Å². The lowest BCUT2D eigenvalue weighted by Crippen LogP contribution is -2.40. The molecule has 6 nitrogen and oxygen atoms in total. The molecule has 0 radical (unpaired) electrons. The van der Waals surface area contributed by atoms with Gasteiger partial charge in [0.05, 0.1) is 28.6 Å². The molecule has 1 N–H and O–H groups in total. The predicted octanol–water partition coefficient (Wildman–Crippen LogP) is 5.35. The second kappa shape index (κ2) is 8.68. The predicted molar refractivity (Wildman–Crippen MR) is 118 cm³/mol. The van der Waals surface area contributed by atoms with Crippen LogP contribution in [0.1, 0.15) is 29.8 Å². The Morgan fingerprint density at radius 2 is 1.97 bits per heavy atom. The standard InChI is InChI=1S/C23H17ClF4N4O2/c1-11-8-17-19(21(24)30-11)14-4-3-7-29-20(14)12(2)22(34)32(17)10-18(33)31-16-6-5-13(9-15(16)25)23(26,27)28/h3-9,12H,10H2,1-2H3,(H,31,33)/t12-/m1/s1. The monoisotopic (exact) mass is 492 g/mol. The summed E-state index contributed by atoms with van der Waals surface area (Å²) in [5.74, 6) is -3.26. The zero-order valence-electron chi connectivity index (χ0n) is 17.9. The molecule has 0 spiro atoms. The number of hydrogen-bond donors (Lipinski definition) is 1. The fraction of sp³-hybridized carbons (Fsp3) is 0.217. The molecule has 34 heavy (non-hydrogen) atoms. The van der Waals surface area contributed by atoms with Crippen molar-refractivity contribution in [1.29, 1.82) is 0 Å². The van der Waals surface area contributed by atoms with E-state index in [1.54, 1.807) is 32.0 Å². The average Bonchev–Trinajstić information content (AvgIpc) is 2.84. The molecule has 1 atom stereocenters. The van der Waals surface area contributed by atoms with Gasteiger partial charge in [0.1, 0.15) is 17.5 Å². The molecule has 3 heterocycles. The third kappa shape index (κ3) is 4.33. The van der Waals surface area contributed by atoms with Gasteiger partial charge in [-0.1, -0.05) is 17.7 Å². The van der Waals surface area contributed by atoms with E-state index >= 15 is 0 Å². The Kier molecular flexibility index (Phi) is 6.03. The van der Waals surface area contributed by atoms with Crippen molar-refractivity contribution < 1.29 is 27.2 Å². The number of anilines is 2. The molecule has 0 saturated carbocycles. The molecule has 0 fully saturated rings. The van der Waals surface area contributed by atoms with Crippen LogP contribution in [-0.4, -0.2) is 28.3 Å². The zero-order valence-corrected chi connectivity index (χ0v) is 18.6. The number of aryl methyl sites for hydroxylation is 1. The second-order valence-electron chi connectivity index (χ2n) is 7.77. The van der Waals surface area contributed by atoms with Gasteiger partial charge in [0.2, 0.25) is 11.8 Å². The number of carbonyl (C=O) groups is 2. The fourth-order valence-corrected chi connectivity index (χ4v) is 4.15. The van der Waals surface area contributed by atoms with Crippen molar-refractivity contribution in [3.05, 3.63) is 70.5 Å². The summed E-state index contributed by atoms with van der Waals surface area (Å²) in [6, 6.07) is 6.80. The van der Waals surface area contributed by atoms with Crippen molar-refractivity contribution in [2.24, 2.45) is 0 Å². The number of pyridine rings is 2. The van der Waals surface area contributed by atoms with Crippen LogP contribution in [0.25, 0.3) is 11.1 Å². The Labute approximate surface area is 196 Å². The van der Waals surface area contributed by atoms with Gasteiger partial charge >= 0.3 is 6.18 Å². The minimum Gasteiger partial charge on any atom is -0.322 e. The molecule has 4 rings (SSSR count). The molecule has 176 valence electrons. The summed E-state index contributed by atoms with van der Waals surface area (Å²) in [5, 5.41) is 2.35. The smallest absolute Gasteiger partial charge is 0.322 e. The maximum absolute atomic E-state index is 14.2. The molecule has 0 aliphatic carbocycles. The lowest BCUT2D eigenvalue weighted by molar-refractivity contribution is -0.137. The van der Waals surface area contributed by atoms with Gasteiger partial charge in [0.15, 0.2) is 0 Å². The highest BCUT2D eigenvalue weighted by Crippen LogP contribution is 2.43. The van der Waals surface area contributed by atoms with E-state index in [4.69, 9.17) is 11.6 Å². The maximum Gasteiger partial charge on any atom is 0.416 e. The van der Waals surface area contributed by atoms with E-state index in [1.165, 1.54) is 11.1 Å². The number of nitrogens with one attached hydrogen (secondary N) is 1. The number of halogens is 5. The van der Waals surface area contributed by atoms with Gasteiger partial charge in [0, 0.05) is 23.0 Å². The number of aromatic nitrogens is 2. The minimum atomic E-state index is -4.73. The van der Waals surface area contributed by atoms with Gasteiger partial charge in [-0.15, -0.1) is 0 Å². The topological polar surface area (TPSA) is 75.2 Å². The summed E-state index contributed by atoms with van der Waals surface area (Å²) >= 11 is 6.43. The van der Waals surface area contributed by atoms with E-state index in [0.29, 0.717) is 40.3 Å². The largest absolute Gasteiger partial charge is 0.416 e. The molecule has 1 aliphatic heterocycles. The SMILES string of the molecule is Cc1cc2c(c(Cl)n1)-c1cccnc1[C@@H](C)C(=O)N2CC(=O)Nc1ccc(C(F)(F)F)cc1F. The number of benzene rings is 1. The Morgan fingerprint density at radius 3 is 2.65 bits per heavy atom. The van der Waals surface area contributed by atoms with E-state index < -0.39 is 47.5 Å². The fourth-order valence-electron chi connectivity index (χ4n) is 3.81. The van der Waals surface area contributed by atoms with Gasteiger partial charge in [-0.05, 0) is 44.2 Å². The average molecular weight is 493 g/mol. The number of hydrogen-bond acceptors (Lipinski definition) is 4. The van der Waals surface area contributed by atoms with Crippen LogP contribution < -0.4 is 10.2 Å². The van der Waals surface area contributed by atoms with Crippen LogP contribution in [0.3, 0.4) is 0 Å². The second-order valence-corrected chi connectivity index (χ2v) is 8.13. The Hall–Kier alpha value is -3.53. The Bertz CT molecular complexity index is 1310. The van der Waals surface area contributed by atoms with E-state index in [2.05, 4.69) is 15.3 Å². The number of alkyl halides is 3. The summed E-state index contributed by atoms with van der Waals surface area (Å²) in [7, 11) is 0. The maximum atomic E-state index is 14.2. The van der Waals surface area contributed by atoms with Crippen molar-refractivity contribution in [2.75, 3.05) is 16.8 Å². The third-order valence-corrected chi connectivity index (χ3v) is 5.67. The lowest BCUT2D eigenvalue weighted by atomic mass is 9.98. The number of amides is 2. The molecule has 3 aromatic rings. The van der Waals surface area contributed by atoms with Gasteiger partial charge in [-0.3, -0.25) is 14.6 Å². The molecule has 1 aliphatic rings. The van der Waals surface area contributed by atoms with Crippen LogP contribution in [0.4, 0.5) is 28.9 Å². The van der Waals surface area contributed by atoms with Crippen molar-refractivity contribution in [3.8, 4) is 11.1 Å². The summed E-state index contributed by atoms with van der Waals surface area (Å²) in [5.41, 5.74) is 0.658. The Balaban J connectivity index is 1.70. The van der Waals surface area contributed by atoms with E-state index in [0.717, 1.165) is 6.07 Å².